The first-order chi connectivity index (χ1) is 21.4. The summed E-state index contributed by atoms with van der Waals surface area (Å²) in [5.41, 5.74) is -1.09. The maximum atomic E-state index is 12.6. The SMILES string of the molecule is CN(C)CCNC(=O)C(C)(C)NC(=O)CCCc1ccc(Cc2cc([C@]34OC[C@](C(C)(C)O)(O3)[C@@H](O)[C@H](O)[C@H]4O)ccc2Cl)cc1. The zero-order chi connectivity index (χ0) is 34.1. The summed E-state index contributed by atoms with van der Waals surface area (Å²) in [4.78, 5) is 27.0. The molecule has 0 spiro atoms. The number of halogens is 1. The van der Waals surface area contributed by atoms with Crippen LogP contribution in [0.4, 0.5) is 0 Å². The molecule has 46 heavy (non-hydrogen) atoms. The van der Waals surface area contributed by atoms with Gasteiger partial charge in [0.2, 0.25) is 17.6 Å². The first-order valence-electron chi connectivity index (χ1n) is 15.6. The Morgan fingerprint density at radius 2 is 1.67 bits per heavy atom. The van der Waals surface area contributed by atoms with Gasteiger partial charge < -0.3 is 45.4 Å². The van der Waals surface area contributed by atoms with E-state index in [0.717, 1.165) is 16.7 Å². The second kappa shape index (κ2) is 13.9. The van der Waals surface area contributed by atoms with Crippen molar-refractivity contribution in [1.82, 2.24) is 15.5 Å². The molecule has 2 aromatic carbocycles. The van der Waals surface area contributed by atoms with E-state index in [4.69, 9.17) is 21.1 Å². The molecule has 2 bridgehead atoms. The number of carbonyl (C=O) groups is 2. The first-order valence-corrected chi connectivity index (χ1v) is 16.0. The summed E-state index contributed by atoms with van der Waals surface area (Å²) < 4.78 is 12.1. The predicted octanol–water partition coefficient (Wildman–Crippen LogP) is 1.63. The molecule has 4 rings (SSSR count). The van der Waals surface area contributed by atoms with Gasteiger partial charge in [-0.2, -0.15) is 0 Å². The van der Waals surface area contributed by atoms with Crippen LogP contribution in [0.25, 0.3) is 0 Å². The molecule has 12 heteroatoms. The summed E-state index contributed by atoms with van der Waals surface area (Å²) in [5, 5.41) is 49.5. The lowest BCUT2D eigenvalue weighted by Crippen LogP contribution is -2.70. The van der Waals surface area contributed by atoms with Crippen molar-refractivity contribution < 1.29 is 39.5 Å². The molecule has 254 valence electrons. The van der Waals surface area contributed by atoms with Crippen LogP contribution in [0.1, 0.15) is 62.8 Å². The van der Waals surface area contributed by atoms with Crippen LogP contribution in [0, 0.1) is 0 Å². The highest BCUT2D eigenvalue weighted by atomic mass is 35.5. The Morgan fingerprint density at radius 3 is 2.30 bits per heavy atom. The van der Waals surface area contributed by atoms with E-state index in [1.165, 1.54) is 13.8 Å². The van der Waals surface area contributed by atoms with E-state index in [9.17, 15) is 30.0 Å². The lowest BCUT2D eigenvalue weighted by atomic mass is 9.75. The number of aryl methyl sites for hydroxylation is 1. The van der Waals surface area contributed by atoms with E-state index in [1.54, 1.807) is 32.0 Å². The minimum atomic E-state index is -1.81. The second-order valence-corrected chi connectivity index (χ2v) is 14.2. The topological polar surface area (TPSA) is 161 Å². The van der Waals surface area contributed by atoms with Crippen LogP contribution in [-0.2, 0) is 37.7 Å². The Hall–Kier alpha value is -2.61. The van der Waals surface area contributed by atoms with Crippen molar-refractivity contribution in [3.63, 3.8) is 0 Å². The zero-order valence-electron chi connectivity index (χ0n) is 27.5. The molecule has 2 heterocycles. The van der Waals surface area contributed by atoms with Crippen LogP contribution in [0.3, 0.4) is 0 Å². The minimum absolute atomic E-state index is 0.182. The molecule has 11 nitrogen and oxygen atoms in total. The minimum Gasteiger partial charge on any atom is -0.387 e. The van der Waals surface area contributed by atoms with Crippen LogP contribution in [0.5, 0.6) is 0 Å². The van der Waals surface area contributed by atoms with E-state index in [2.05, 4.69) is 10.6 Å². The van der Waals surface area contributed by atoms with Crippen molar-refractivity contribution in [1.29, 1.82) is 0 Å². The second-order valence-electron chi connectivity index (χ2n) is 13.8. The highest BCUT2D eigenvalue weighted by molar-refractivity contribution is 6.31. The average molecular weight is 662 g/mol. The molecule has 2 fully saturated rings. The number of aliphatic hydroxyl groups excluding tert-OH is 3. The largest absolute Gasteiger partial charge is 0.387 e. The Kier molecular flexibility index (Phi) is 10.9. The molecule has 0 unspecified atom stereocenters. The van der Waals surface area contributed by atoms with Crippen molar-refractivity contribution in [2.75, 3.05) is 33.8 Å². The third-order valence-corrected chi connectivity index (χ3v) is 9.35. The smallest absolute Gasteiger partial charge is 0.245 e. The highest BCUT2D eigenvalue weighted by Gasteiger charge is 2.71. The molecule has 0 saturated carbocycles. The predicted molar refractivity (Wildman–Crippen MR) is 173 cm³/mol. The van der Waals surface area contributed by atoms with Gasteiger partial charge in [0.25, 0.3) is 0 Å². The van der Waals surface area contributed by atoms with Gasteiger partial charge in [0.1, 0.15) is 23.9 Å². The molecule has 2 aliphatic rings. The van der Waals surface area contributed by atoms with Gasteiger partial charge in [0, 0.05) is 30.1 Å². The molecule has 0 aliphatic carbocycles. The maximum Gasteiger partial charge on any atom is 0.245 e. The third-order valence-electron chi connectivity index (χ3n) is 8.98. The number of aliphatic hydroxyl groups is 4. The summed E-state index contributed by atoms with van der Waals surface area (Å²) in [5.74, 6) is -2.21. The van der Waals surface area contributed by atoms with Gasteiger partial charge in [0.05, 0.1) is 12.2 Å². The number of rotatable bonds is 13. The van der Waals surface area contributed by atoms with Gasteiger partial charge in [-0.25, -0.2) is 0 Å². The standard InChI is InChI=1S/C34H48ClN3O8/c1-31(2,30(43)36-16-17-38(5)6)37-26(39)9-7-8-21-10-12-22(13-11-21)18-23-19-24(14-15-25(23)35)34-29(42)27(40)28(41)33(46-34,20-45-34)32(3,4)44/h10-15,19,27-29,40-42,44H,7-9,16-18,20H2,1-6H3,(H,36,43)(H,37,39)/t27-,28-,29+,33-,34-/m0/s1. The number of fused-ring (bicyclic) bond motifs is 2. The van der Waals surface area contributed by atoms with Gasteiger partial charge in [-0.05, 0) is 89.9 Å². The molecule has 2 aliphatic heterocycles. The molecule has 6 N–H and O–H groups in total. The number of hydrogen-bond acceptors (Lipinski definition) is 9. The number of benzene rings is 2. The molecular formula is C34H48ClN3O8. The Morgan fingerprint density at radius 1 is 1.02 bits per heavy atom. The van der Waals surface area contributed by atoms with Crippen molar-refractivity contribution in [3.05, 3.63) is 69.7 Å². The molecule has 2 saturated heterocycles. The molecule has 2 amide bonds. The molecule has 0 radical (unpaired) electrons. The van der Waals surface area contributed by atoms with Gasteiger partial charge in [-0.1, -0.05) is 41.9 Å². The fraction of sp³-hybridized carbons (Fsp3) is 0.588. The van der Waals surface area contributed by atoms with Crippen molar-refractivity contribution in [3.8, 4) is 0 Å². The van der Waals surface area contributed by atoms with Crippen LogP contribution in [-0.4, -0.2) is 106 Å². The summed E-state index contributed by atoms with van der Waals surface area (Å²) in [7, 11) is 3.85. The van der Waals surface area contributed by atoms with Crippen molar-refractivity contribution in [2.24, 2.45) is 0 Å². The summed E-state index contributed by atoms with van der Waals surface area (Å²) >= 11 is 6.57. The van der Waals surface area contributed by atoms with Gasteiger partial charge >= 0.3 is 0 Å². The Balaban J connectivity index is 1.36. The quantitative estimate of drug-likeness (QED) is 0.188. The maximum absolute atomic E-state index is 12.6. The van der Waals surface area contributed by atoms with Crippen LogP contribution < -0.4 is 10.6 Å². The zero-order valence-corrected chi connectivity index (χ0v) is 28.2. The van der Waals surface area contributed by atoms with E-state index in [0.29, 0.717) is 42.9 Å². The third kappa shape index (κ3) is 7.42. The van der Waals surface area contributed by atoms with Gasteiger partial charge in [0.15, 0.2) is 5.60 Å². The number of hydrogen-bond donors (Lipinski definition) is 6. The number of amides is 2. The van der Waals surface area contributed by atoms with Gasteiger partial charge in [-0.3, -0.25) is 9.59 Å². The summed E-state index contributed by atoms with van der Waals surface area (Å²) in [6.07, 6.45) is -2.77. The van der Waals surface area contributed by atoms with Crippen LogP contribution in [0.15, 0.2) is 42.5 Å². The lowest BCUT2D eigenvalue weighted by Gasteiger charge is -2.50. The number of ether oxygens (including phenoxy) is 2. The molecule has 5 atom stereocenters. The monoisotopic (exact) mass is 661 g/mol. The summed E-state index contributed by atoms with van der Waals surface area (Å²) in [6.45, 7) is 7.28. The van der Waals surface area contributed by atoms with E-state index in [-0.39, 0.29) is 24.8 Å². The molecular weight excluding hydrogens is 614 g/mol. The number of carbonyl (C=O) groups excluding carboxylic acids is 2. The number of likely N-dealkylation sites (N-methyl/N-ethyl adjacent to an activating group) is 1. The normalized spacial score (nSPS) is 26.3. The van der Waals surface area contributed by atoms with Crippen molar-refractivity contribution in [2.45, 2.75) is 94.2 Å². The number of nitrogens with zero attached hydrogens (tertiary/aromatic N) is 1. The first kappa shape index (κ1) is 36.2. The number of nitrogens with one attached hydrogen (secondary N) is 2. The van der Waals surface area contributed by atoms with Crippen LogP contribution in [0.2, 0.25) is 5.02 Å². The molecule has 0 aromatic heterocycles. The Labute approximate surface area is 275 Å². The van der Waals surface area contributed by atoms with Crippen molar-refractivity contribution >= 4 is 23.4 Å². The van der Waals surface area contributed by atoms with E-state index in [1.807, 2.05) is 43.3 Å². The van der Waals surface area contributed by atoms with E-state index < -0.39 is 40.8 Å². The fourth-order valence-electron chi connectivity index (χ4n) is 5.99. The average Bonchev–Trinajstić information content (AvgIpc) is 3.38. The highest BCUT2D eigenvalue weighted by Crippen LogP contribution is 2.53. The lowest BCUT2D eigenvalue weighted by molar-refractivity contribution is -0.348. The summed E-state index contributed by atoms with van der Waals surface area (Å²) in [6, 6.07) is 13.0. The Bertz CT molecular complexity index is 1400. The molecule has 2 aromatic rings. The van der Waals surface area contributed by atoms with Crippen LogP contribution >= 0.6 is 11.6 Å². The van der Waals surface area contributed by atoms with E-state index >= 15 is 0 Å². The van der Waals surface area contributed by atoms with Gasteiger partial charge in [-0.15, -0.1) is 0 Å². The fourth-order valence-corrected chi connectivity index (χ4v) is 6.18.